The van der Waals surface area contributed by atoms with Crippen molar-refractivity contribution >= 4 is 5.78 Å². The lowest BCUT2D eigenvalue weighted by Crippen LogP contribution is -2.22. The van der Waals surface area contributed by atoms with Crippen molar-refractivity contribution in [3.8, 4) is 0 Å². The third-order valence-corrected chi connectivity index (χ3v) is 2.49. The number of carbonyl (C=O) groups excluding carboxylic acids is 1. The number of hydrogen-bond acceptors (Lipinski definition) is 2. The fourth-order valence-corrected chi connectivity index (χ4v) is 1.29. The van der Waals surface area contributed by atoms with Gasteiger partial charge in [-0.15, -0.1) is 0 Å². The molecule has 0 unspecified atom stereocenters. The molecule has 0 aliphatic carbocycles. The van der Waals surface area contributed by atoms with Gasteiger partial charge < -0.3 is 4.42 Å². The first-order valence-electron chi connectivity index (χ1n) is 4.89. The van der Waals surface area contributed by atoms with Crippen LogP contribution in [0.4, 0.5) is 0 Å². The van der Waals surface area contributed by atoms with E-state index in [4.69, 9.17) is 4.42 Å². The maximum atomic E-state index is 11.8. The quantitative estimate of drug-likeness (QED) is 0.724. The van der Waals surface area contributed by atoms with E-state index in [0.29, 0.717) is 6.42 Å². The number of ketones is 1. The summed E-state index contributed by atoms with van der Waals surface area (Å²) in [5, 5.41) is 0. The molecule has 78 valence electrons. The minimum Gasteiger partial charge on any atom is -0.469 e. The van der Waals surface area contributed by atoms with Crippen molar-refractivity contribution in [2.24, 2.45) is 5.41 Å². The lowest BCUT2D eigenvalue weighted by atomic mass is 9.86. The topological polar surface area (TPSA) is 30.2 Å². The van der Waals surface area contributed by atoms with Gasteiger partial charge in [0.1, 0.15) is 11.5 Å². The molecule has 0 fully saturated rings. The van der Waals surface area contributed by atoms with Crippen molar-refractivity contribution in [1.29, 1.82) is 0 Å². The maximum absolute atomic E-state index is 11.8. The second-order valence-electron chi connectivity index (χ2n) is 4.80. The van der Waals surface area contributed by atoms with E-state index in [1.165, 1.54) is 0 Å². The normalized spacial score (nSPS) is 11.8. The summed E-state index contributed by atoms with van der Waals surface area (Å²) in [7, 11) is 0. The molecule has 14 heavy (non-hydrogen) atoms. The minimum absolute atomic E-state index is 0.255. The molecule has 0 atom stereocenters. The van der Waals surface area contributed by atoms with Crippen LogP contribution in [0, 0.1) is 19.3 Å². The molecule has 0 aliphatic rings. The third-order valence-electron chi connectivity index (χ3n) is 2.49. The highest BCUT2D eigenvalue weighted by molar-refractivity contribution is 5.86. The molecule has 0 spiro atoms. The predicted molar refractivity (Wildman–Crippen MR) is 56.3 cm³/mol. The van der Waals surface area contributed by atoms with Crippen LogP contribution < -0.4 is 0 Å². The molecule has 0 amide bonds. The van der Waals surface area contributed by atoms with E-state index in [1.807, 2.05) is 34.6 Å². The Balaban J connectivity index is 2.85. The molecule has 0 bridgehead atoms. The van der Waals surface area contributed by atoms with Crippen LogP contribution in [0.2, 0.25) is 0 Å². The number of aryl methyl sites for hydroxylation is 2. The monoisotopic (exact) mass is 194 g/mol. The van der Waals surface area contributed by atoms with Gasteiger partial charge in [0.25, 0.3) is 0 Å². The summed E-state index contributed by atoms with van der Waals surface area (Å²) in [5.41, 5.74) is 1.85. The Morgan fingerprint density at radius 1 is 1.36 bits per heavy atom. The average molecular weight is 194 g/mol. The Morgan fingerprint density at radius 3 is 2.29 bits per heavy atom. The van der Waals surface area contributed by atoms with Crippen molar-refractivity contribution in [1.82, 2.24) is 0 Å². The third kappa shape index (κ3) is 2.25. The van der Waals surface area contributed by atoms with Crippen molar-refractivity contribution in [3.05, 3.63) is 23.2 Å². The molecular formula is C12H18O2. The highest BCUT2D eigenvalue weighted by atomic mass is 16.3. The molecule has 1 aromatic heterocycles. The number of furan rings is 1. The minimum atomic E-state index is -0.268. The van der Waals surface area contributed by atoms with E-state index in [2.05, 4.69) is 0 Å². The predicted octanol–water partition coefficient (Wildman–Crippen LogP) is 3.05. The second-order valence-corrected chi connectivity index (χ2v) is 4.80. The molecule has 2 heteroatoms. The lowest BCUT2D eigenvalue weighted by Gasteiger charge is -2.16. The second kappa shape index (κ2) is 3.60. The van der Waals surface area contributed by atoms with Crippen LogP contribution in [0.3, 0.4) is 0 Å². The molecule has 0 radical (unpaired) electrons. The van der Waals surface area contributed by atoms with Gasteiger partial charge in [-0.05, 0) is 19.4 Å². The van der Waals surface area contributed by atoms with Gasteiger partial charge in [0.05, 0.1) is 6.26 Å². The maximum Gasteiger partial charge on any atom is 0.142 e. The Hall–Kier alpha value is -1.05. The zero-order valence-corrected chi connectivity index (χ0v) is 9.60. The van der Waals surface area contributed by atoms with Gasteiger partial charge in [-0.25, -0.2) is 0 Å². The molecule has 1 heterocycles. The Morgan fingerprint density at radius 2 is 1.93 bits per heavy atom. The van der Waals surface area contributed by atoms with Crippen LogP contribution in [0.5, 0.6) is 0 Å². The number of Topliss-reactive ketones (excluding diaryl/α,β-unsaturated/α-hetero) is 1. The molecule has 0 saturated carbocycles. The summed E-state index contributed by atoms with van der Waals surface area (Å²) in [6.45, 7) is 9.71. The van der Waals surface area contributed by atoms with Gasteiger partial charge in [-0.1, -0.05) is 20.8 Å². The SMILES string of the molecule is Cc1coc(C)c1CC(=O)C(C)(C)C. The molecule has 0 saturated heterocycles. The van der Waals surface area contributed by atoms with E-state index in [-0.39, 0.29) is 11.2 Å². The van der Waals surface area contributed by atoms with Crippen molar-refractivity contribution in [3.63, 3.8) is 0 Å². The summed E-state index contributed by atoms with van der Waals surface area (Å²) in [4.78, 5) is 11.8. The summed E-state index contributed by atoms with van der Waals surface area (Å²) >= 11 is 0. The van der Waals surface area contributed by atoms with Crippen LogP contribution in [0.1, 0.15) is 37.7 Å². The van der Waals surface area contributed by atoms with Gasteiger partial charge in [0, 0.05) is 17.4 Å². The molecule has 0 aliphatic heterocycles. The summed E-state index contributed by atoms with van der Waals surface area (Å²) in [6.07, 6.45) is 2.19. The van der Waals surface area contributed by atoms with Gasteiger partial charge >= 0.3 is 0 Å². The molecular weight excluding hydrogens is 176 g/mol. The molecule has 1 rings (SSSR count). The van der Waals surface area contributed by atoms with Crippen LogP contribution in [-0.2, 0) is 11.2 Å². The Labute approximate surface area is 85.3 Å². The lowest BCUT2D eigenvalue weighted by molar-refractivity contribution is -0.125. The first-order chi connectivity index (χ1) is 6.32. The number of hydrogen-bond donors (Lipinski definition) is 0. The summed E-state index contributed by atoms with van der Waals surface area (Å²) < 4.78 is 5.26. The average Bonchev–Trinajstić information content (AvgIpc) is 2.34. The van der Waals surface area contributed by atoms with Gasteiger partial charge in [0.2, 0.25) is 0 Å². The standard InChI is InChI=1S/C12H18O2/c1-8-7-14-9(2)10(8)6-11(13)12(3,4)5/h7H,6H2,1-5H3. The van der Waals surface area contributed by atoms with Crippen molar-refractivity contribution in [2.75, 3.05) is 0 Å². The summed E-state index contributed by atoms with van der Waals surface area (Å²) in [5.74, 6) is 1.12. The Kier molecular flexibility index (Phi) is 2.84. The van der Waals surface area contributed by atoms with E-state index >= 15 is 0 Å². The van der Waals surface area contributed by atoms with Crippen LogP contribution in [-0.4, -0.2) is 5.78 Å². The van der Waals surface area contributed by atoms with Crippen LogP contribution >= 0.6 is 0 Å². The first kappa shape index (κ1) is 11.0. The zero-order valence-electron chi connectivity index (χ0n) is 9.60. The van der Waals surface area contributed by atoms with E-state index < -0.39 is 0 Å². The van der Waals surface area contributed by atoms with Gasteiger partial charge in [0.15, 0.2) is 0 Å². The van der Waals surface area contributed by atoms with E-state index in [0.717, 1.165) is 16.9 Å². The summed E-state index contributed by atoms with van der Waals surface area (Å²) in [6, 6.07) is 0. The smallest absolute Gasteiger partial charge is 0.142 e. The highest BCUT2D eigenvalue weighted by Crippen LogP contribution is 2.22. The molecule has 1 aromatic rings. The van der Waals surface area contributed by atoms with Crippen LogP contribution in [0.15, 0.2) is 10.7 Å². The van der Waals surface area contributed by atoms with Crippen molar-refractivity contribution < 1.29 is 9.21 Å². The van der Waals surface area contributed by atoms with Crippen LogP contribution in [0.25, 0.3) is 0 Å². The van der Waals surface area contributed by atoms with Gasteiger partial charge in [-0.3, -0.25) is 4.79 Å². The van der Waals surface area contributed by atoms with Crippen molar-refractivity contribution in [2.45, 2.75) is 41.0 Å². The fourth-order valence-electron chi connectivity index (χ4n) is 1.29. The first-order valence-corrected chi connectivity index (χ1v) is 4.89. The van der Waals surface area contributed by atoms with E-state index in [9.17, 15) is 4.79 Å². The largest absolute Gasteiger partial charge is 0.469 e. The number of rotatable bonds is 2. The van der Waals surface area contributed by atoms with E-state index in [1.54, 1.807) is 6.26 Å². The Bertz CT molecular complexity index is 320. The molecule has 0 aromatic carbocycles. The fraction of sp³-hybridized carbons (Fsp3) is 0.583. The molecule has 0 N–H and O–H groups in total. The number of carbonyl (C=O) groups is 1. The zero-order chi connectivity index (χ0) is 10.9. The molecule has 2 nitrogen and oxygen atoms in total. The van der Waals surface area contributed by atoms with Gasteiger partial charge in [-0.2, -0.15) is 0 Å². The highest BCUT2D eigenvalue weighted by Gasteiger charge is 2.23.